The number of esters is 1. The van der Waals surface area contributed by atoms with Crippen molar-refractivity contribution in [2.24, 2.45) is 0 Å². The maximum absolute atomic E-state index is 11.9. The van der Waals surface area contributed by atoms with Gasteiger partial charge < -0.3 is 10.1 Å². The van der Waals surface area contributed by atoms with E-state index in [0.29, 0.717) is 16.1 Å². The predicted octanol–water partition coefficient (Wildman–Crippen LogP) is 3.75. The van der Waals surface area contributed by atoms with Crippen LogP contribution in [0.15, 0.2) is 48.5 Å². The Morgan fingerprint density at radius 2 is 2.00 bits per heavy atom. The summed E-state index contributed by atoms with van der Waals surface area (Å²) >= 11 is 5.96. The molecule has 1 amide bonds. The van der Waals surface area contributed by atoms with Gasteiger partial charge >= 0.3 is 5.97 Å². The second-order valence-corrected chi connectivity index (χ2v) is 5.67. The number of carbonyl (C=O) groups excluding carboxylic acids is 2. The third-order valence-electron chi connectivity index (χ3n) is 3.36. The fraction of sp³-hybridized carbons (Fsp3) is 0.111. The van der Waals surface area contributed by atoms with Crippen molar-refractivity contribution >= 4 is 40.9 Å². The molecule has 0 saturated carbocycles. The van der Waals surface area contributed by atoms with Gasteiger partial charge in [0.2, 0.25) is 0 Å². The Balaban J connectivity index is 1.91. The quantitative estimate of drug-likeness (QED) is 0.359. The highest BCUT2D eigenvalue weighted by atomic mass is 35.5. The first-order chi connectivity index (χ1) is 12.4. The van der Waals surface area contributed by atoms with Gasteiger partial charge in [0.15, 0.2) is 6.61 Å². The monoisotopic (exact) mass is 374 g/mol. The molecule has 134 valence electrons. The van der Waals surface area contributed by atoms with E-state index >= 15 is 0 Å². The van der Waals surface area contributed by atoms with Crippen molar-refractivity contribution in [3.63, 3.8) is 0 Å². The molecule has 0 fully saturated rings. The van der Waals surface area contributed by atoms with Crippen molar-refractivity contribution in [1.82, 2.24) is 0 Å². The number of nitrogens with one attached hydrogen (secondary N) is 1. The molecular weight excluding hydrogens is 360 g/mol. The second-order valence-electron chi connectivity index (χ2n) is 5.27. The van der Waals surface area contributed by atoms with E-state index in [1.54, 1.807) is 31.2 Å². The van der Waals surface area contributed by atoms with Gasteiger partial charge in [-0.2, -0.15) is 0 Å². The molecule has 0 saturated heterocycles. The molecular formula is C18H15ClN2O5. The van der Waals surface area contributed by atoms with Crippen LogP contribution < -0.4 is 5.32 Å². The molecule has 8 heteroatoms. The molecule has 0 spiro atoms. The van der Waals surface area contributed by atoms with Crippen molar-refractivity contribution in [3.05, 3.63) is 74.8 Å². The van der Waals surface area contributed by atoms with E-state index in [0.717, 1.165) is 6.08 Å². The molecule has 2 aromatic carbocycles. The molecule has 2 rings (SSSR count). The third-order valence-corrected chi connectivity index (χ3v) is 3.70. The molecule has 1 N–H and O–H groups in total. The fourth-order valence-corrected chi connectivity index (χ4v) is 2.20. The molecule has 0 heterocycles. The van der Waals surface area contributed by atoms with Gasteiger partial charge in [0.1, 0.15) is 0 Å². The maximum Gasteiger partial charge on any atom is 0.331 e. The van der Waals surface area contributed by atoms with Crippen LogP contribution in [0.25, 0.3) is 6.08 Å². The second kappa shape index (κ2) is 8.77. The minimum atomic E-state index is -0.712. The Morgan fingerprint density at radius 1 is 1.27 bits per heavy atom. The number of hydrogen-bond acceptors (Lipinski definition) is 5. The lowest BCUT2D eigenvalue weighted by Crippen LogP contribution is -2.20. The highest BCUT2D eigenvalue weighted by Crippen LogP contribution is 2.21. The van der Waals surface area contributed by atoms with Crippen LogP contribution in [-0.2, 0) is 14.3 Å². The SMILES string of the molecule is Cc1ccc([N+](=O)[O-])cc1NC(=O)COC(=O)/C=C/c1ccccc1Cl. The highest BCUT2D eigenvalue weighted by molar-refractivity contribution is 6.32. The number of ether oxygens (including phenoxy) is 1. The zero-order valence-corrected chi connectivity index (χ0v) is 14.5. The van der Waals surface area contributed by atoms with E-state index < -0.39 is 23.4 Å². The maximum atomic E-state index is 11.9. The summed E-state index contributed by atoms with van der Waals surface area (Å²) in [5.41, 5.74) is 1.43. The van der Waals surface area contributed by atoms with Gasteiger partial charge in [0.05, 0.1) is 10.6 Å². The summed E-state index contributed by atoms with van der Waals surface area (Å²) in [6.45, 7) is 1.17. The number of aryl methyl sites for hydroxylation is 1. The Hall–Kier alpha value is -3.19. The van der Waals surface area contributed by atoms with Crippen LogP contribution in [0.2, 0.25) is 5.02 Å². The number of benzene rings is 2. The molecule has 0 aromatic heterocycles. The van der Waals surface area contributed by atoms with Gasteiger partial charge in [-0.15, -0.1) is 0 Å². The largest absolute Gasteiger partial charge is 0.452 e. The predicted molar refractivity (Wildman–Crippen MR) is 97.9 cm³/mol. The molecule has 0 aliphatic carbocycles. The van der Waals surface area contributed by atoms with Gasteiger partial charge in [-0.1, -0.05) is 35.9 Å². The lowest BCUT2D eigenvalue weighted by molar-refractivity contribution is -0.384. The van der Waals surface area contributed by atoms with Crippen molar-refractivity contribution in [1.29, 1.82) is 0 Å². The minimum absolute atomic E-state index is 0.148. The molecule has 2 aromatic rings. The van der Waals surface area contributed by atoms with Gasteiger partial charge in [0, 0.05) is 23.2 Å². The summed E-state index contributed by atoms with van der Waals surface area (Å²) in [7, 11) is 0. The average molecular weight is 375 g/mol. The Kier molecular flexibility index (Phi) is 6.46. The first kappa shape index (κ1) is 19.1. The van der Waals surface area contributed by atoms with Crippen LogP contribution in [-0.4, -0.2) is 23.4 Å². The van der Waals surface area contributed by atoms with E-state index in [4.69, 9.17) is 16.3 Å². The van der Waals surface area contributed by atoms with E-state index in [-0.39, 0.29) is 11.4 Å². The number of hydrogen-bond donors (Lipinski definition) is 1. The highest BCUT2D eigenvalue weighted by Gasteiger charge is 2.12. The standard InChI is InChI=1S/C18H15ClN2O5/c1-12-6-8-14(21(24)25)10-16(12)20-17(22)11-26-18(23)9-7-13-4-2-3-5-15(13)19/h2-10H,11H2,1H3,(H,20,22)/b9-7+. The smallest absolute Gasteiger partial charge is 0.331 e. The Bertz CT molecular complexity index is 880. The summed E-state index contributed by atoms with van der Waals surface area (Å²) in [6, 6.07) is 11.0. The zero-order valence-electron chi connectivity index (χ0n) is 13.8. The van der Waals surface area contributed by atoms with Crippen LogP contribution in [0.3, 0.4) is 0 Å². The van der Waals surface area contributed by atoms with Gasteiger partial charge in [-0.25, -0.2) is 4.79 Å². The van der Waals surface area contributed by atoms with Crippen LogP contribution in [0.1, 0.15) is 11.1 Å². The number of amides is 1. The first-order valence-corrected chi connectivity index (χ1v) is 7.89. The number of halogens is 1. The minimum Gasteiger partial charge on any atom is -0.452 e. The number of rotatable bonds is 6. The number of nitrogens with zero attached hydrogens (tertiary/aromatic N) is 1. The van der Waals surface area contributed by atoms with Crippen LogP contribution in [0.4, 0.5) is 11.4 Å². The van der Waals surface area contributed by atoms with Crippen molar-refractivity contribution in [2.75, 3.05) is 11.9 Å². The van der Waals surface area contributed by atoms with Gasteiger partial charge in [-0.05, 0) is 30.2 Å². The lowest BCUT2D eigenvalue weighted by atomic mass is 10.2. The Labute approximate surface area is 154 Å². The topological polar surface area (TPSA) is 98.5 Å². The number of non-ortho nitro benzene ring substituents is 1. The summed E-state index contributed by atoms with van der Waals surface area (Å²) in [5, 5.41) is 13.7. The normalized spacial score (nSPS) is 10.5. The fourth-order valence-electron chi connectivity index (χ4n) is 2.00. The van der Waals surface area contributed by atoms with Gasteiger partial charge in [0.25, 0.3) is 11.6 Å². The molecule has 0 atom stereocenters. The molecule has 0 unspecified atom stereocenters. The lowest BCUT2D eigenvalue weighted by Gasteiger charge is -2.08. The van der Waals surface area contributed by atoms with Crippen molar-refractivity contribution in [2.45, 2.75) is 6.92 Å². The van der Waals surface area contributed by atoms with Gasteiger partial charge in [-0.3, -0.25) is 14.9 Å². The molecule has 26 heavy (non-hydrogen) atoms. The molecule has 0 bridgehead atoms. The summed E-state index contributed by atoms with van der Waals surface area (Å²) in [5.74, 6) is -1.32. The van der Waals surface area contributed by atoms with E-state index in [2.05, 4.69) is 5.32 Å². The molecule has 7 nitrogen and oxygen atoms in total. The van der Waals surface area contributed by atoms with E-state index in [1.165, 1.54) is 24.3 Å². The number of carbonyl (C=O) groups is 2. The van der Waals surface area contributed by atoms with Crippen LogP contribution in [0.5, 0.6) is 0 Å². The number of anilines is 1. The van der Waals surface area contributed by atoms with Crippen molar-refractivity contribution < 1.29 is 19.2 Å². The molecule has 0 aliphatic rings. The number of nitro benzene ring substituents is 1. The number of nitro groups is 1. The Morgan fingerprint density at radius 3 is 2.69 bits per heavy atom. The van der Waals surface area contributed by atoms with Crippen molar-refractivity contribution in [3.8, 4) is 0 Å². The van der Waals surface area contributed by atoms with E-state index in [9.17, 15) is 19.7 Å². The van der Waals surface area contributed by atoms with E-state index in [1.807, 2.05) is 0 Å². The van der Waals surface area contributed by atoms with Crippen LogP contribution in [0, 0.1) is 17.0 Å². The van der Waals surface area contributed by atoms with Crippen LogP contribution >= 0.6 is 11.6 Å². The summed E-state index contributed by atoms with van der Waals surface area (Å²) < 4.78 is 4.84. The first-order valence-electron chi connectivity index (χ1n) is 7.51. The summed E-state index contributed by atoms with van der Waals surface area (Å²) in [6.07, 6.45) is 2.64. The zero-order chi connectivity index (χ0) is 19.1. The summed E-state index contributed by atoms with van der Waals surface area (Å²) in [4.78, 5) is 33.8. The third kappa shape index (κ3) is 5.42. The average Bonchev–Trinajstić information content (AvgIpc) is 2.61. The molecule has 0 aliphatic heterocycles. The molecule has 0 radical (unpaired) electrons.